The summed E-state index contributed by atoms with van der Waals surface area (Å²) in [6, 6.07) is 7.81. The van der Waals surface area contributed by atoms with Crippen LogP contribution in [0.1, 0.15) is 25.5 Å². The van der Waals surface area contributed by atoms with E-state index in [1.807, 2.05) is 31.3 Å². The molecule has 1 atom stereocenters. The third-order valence-electron chi connectivity index (χ3n) is 2.56. The highest BCUT2D eigenvalue weighted by molar-refractivity contribution is 9.10. The van der Waals surface area contributed by atoms with Gasteiger partial charge in [0.15, 0.2) is 0 Å². The third-order valence-corrected chi connectivity index (χ3v) is 3.09. The molecule has 0 bridgehead atoms. The topological polar surface area (TPSA) is 32.3 Å². The van der Waals surface area contributed by atoms with Gasteiger partial charge in [-0.25, -0.2) is 0 Å². The largest absolute Gasteiger partial charge is 0.388 e. The molecule has 0 radical (unpaired) electrons. The lowest BCUT2D eigenvalue weighted by Crippen LogP contribution is -2.32. The molecule has 15 heavy (non-hydrogen) atoms. The van der Waals surface area contributed by atoms with Crippen LogP contribution in [0.3, 0.4) is 0 Å². The molecule has 1 aromatic carbocycles. The Morgan fingerprint density at radius 1 is 1.33 bits per heavy atom. The van der Waals surface area contributed by atoms with Gasteiger partial charge in [-0.15, -0.1) is 0 Å². The van der Waals surface area contributed by atoms with Gasteiger partial charge in [-0.3, -0.25) is 0 Å². The van der Waals surface area contributed by atoms with Crippen molar-refractivity contribution in [3.63, 3.8) is 0 Å². The molecule has 0 spiro atoms. The summed E-state index contributed by atoms with van der Waals surface area (Å²) in [5, 5.41) is 13.3. The molecule has 2 N–H and O–H groups in total. The first-order valence-electron chi connectivity index (χ1n) is 5.05. The maximum atomic E-state index is 10.2. The zero-order valence-electron chi connectivity index (χ0n) is 9.42. The Morgan fingerprint density at radius 3 is 2.33 bits per heavy atom. The van der Waals surface area contributed by atoms with Crippen LogP contribution < -0.4 is 5.32 Å². The Bertz CT molecular complexity index is 308. The van der Waals surface area contributed by atoms with Crippen LogP contribution in [0, 0.1) is 5.41 Å². The number of rotatable bonds is 4. The molecule has 0 heterocycles. The average Bonchev–Trinajstić information content (AvgIpc) is 2.18. The van der Waals surface area contributed by atoms with Crippen LogP contribution in [0.15, 0.2) is 28.7 Å². The second kappa shape index (κ2) is 5.10. The Balaban J connectivity index is 2.84. The lowest BCUT2D eigenvalue weighted by atomic mass is 9.82. The molecule has 0 fully saturated rings. The molecule has 0 aliphatic rings. The molecule has 0 amide bonds. The minimum absolute atomic E-state index is 0.164. The number of hydrogen-bond acceptors (Lipinski definition) is 2. The van der Waals surface area contributed by atoms with Crippen LogP contribution in [0.5, 0.6) is 0 Å². The van der Waals surface area contributed by atoms with Gasteiger partial charge in [0.1, 0.15) is 0 Å². The molecule has 1 aromatic rings. The van der Waals surface area contributed by atoms with E-state index in [1.54, 1.807) is 0 Å². The first-order valence-corrected chi connectivity index (χ1v) is 5.85. The Morgan fingerprint density at radius 2 is 1.87 bits per heavy atom. The van der Waals surface area contributed by atoms with Gasteiger partial charge in [0.2, 0.25) is 0 Å². The van der Waals surface area contributed by atoms with Crippen LogP contribution in [0.25, 0.3) is 0 Å². The number of benzene rings is 1. The number of aliphatic hydroxyl groups excluding tert-OH is 1. The maximum Gasteiger partial charge on any atom is 0.0853 e. The van der Waals surface area contributed by atoms with Crippen LogP contribution in [-0.4, -0.2) is 18.7 Å². The normalized spacial score (nSPS) is 13.9. The standard InChI is InChI=1S/C12H18BrNO/c1-12(2,8-14-3)11(15)9-4-6-10(13)7-5-9/h4-7,11,14-15H,8H2,1-3H3. The van der Waals surface area contributed by atoms with Crippen molar-refractivity contribution in [3.05, 3.63) is 34.3 Å². The zero-order chi connectivity index (χ0) is 11.5. The predicted octanol–water partition coefficient (Wildman–Crippen LogP) is 2.73. The highest BCUT2D eigenvalue weighted by atomic mass is 79.9. The van der Waals surface area contributed by atoms with E-state index in [1.165, 1.54) is 0 Å². The fourth-order valence-electron chi connectivity index (χ4n) is 1.65. The van der Waals surface area contributed by atoms with E-state index in [0.29, 0.717) is 0 Å². The Hall–Kier alpha value is -0.380. The molecule has 84 valence electrons. The molecule has 0 aromatic heterocycles. The van der Waals surface area contributed by atoms with Gasteiger partial charge < -0.3 is 10.4 Å². The van der Waals surface area contributed by atoms with Gasteiger partial charge in [-0.1, -0.05) is 41.9 Å². The lowest BCUT2D eigenvalue weighted by Gasteiger charge is -2.30. The van der Waals surface area contributed by atoms with E-state index < -0.39 is 6.10 Å². The van der Waals surface area contributed by atoms with Gasteiger partial charge in [0.05, 0.1) is 6.10 Å². The smallest absolute Gasteiger partial charge is 0.0853 e. The van der Waals surface area contributed by atoms with Crippen molar-refractivity contribution in [1.29, 1.82) is 0 Å². The second-order valence-electron chi connectivity index (χ2n) is 4.47. The molecule has 0 saturated carbocycles. The molecule has 0 aliphatic heterocycles. The van der Waals surface area contributed by atoms with Gasteiger partial charge in [0.25, 0.3) is 0 Å². The Labute approximate surface area is 99.8 Å². The number of nitrogens with one attached hydrogen (secondary N) is 1. The van der Waals surface area contributed by atoms with Crippen molar-refractivity contribution < 1.29 is 5.11 Å². The van der Waals surface area contributed by atoms with Gasteiger partial charge in [-0.2, -0.15) is 0 Å². The Kier molecular flexibility index (Phi) is 4.32. The molecular formula is C12H18BrNO. The van der Waals surface area contributed by atoms with Crippen molar-refractivity contribution in [3.8, 4) is 0 Å². The van der Waals surface area contributed by atoms with Crippen LogP contribution in [-0.2, 0) is 0 Å². The molecule has 0 saturated heterocycles. The summed E-state index contributed by atoms with van der Waals surface area (Å²) >= 11 is 3.38. The zero-order valence-corrected chi connectivity index (χ0v) is 11.0. The second-order valence-corrected chi connectivity index (χ2v) is 5.39. The summed E-state index contributed by atoms with van der Waals surface area (Å²) in [5.74, 6) is 0. The van der Waals surface area contributed by atoms with Crippen molar-refractivity contribution in [2.24, 2.45) is 5.41 Å². The predicted molar refractivity (Wildman–Crippen MR) is 66.8 cm³/mol. The van der Waals surface area contributed by atoms with E-state index in [9.17, 15) is 5.11 Å². The fraction of sp³-hybridized carbons (Fsp3) is 0.500. The molecule has 1 rings (SSSR count). The van der Waals surface area contributed by atoms with Crippen molar-refractivity contribution in [1.82, 2.24) is 5.32 Å². The van der Waals surface area contributed by atoms with Crippen molar-refractivity contribution >= 4 is 15.9 Å². The van der Waals surface area contributed by atoms with Gasteiger partial charge in [0, 0.05) is 16.4 Å². The van der Waals surface area contributed by atoms with Crippen molar-refractivity contribution in [2.45, 2.75) is 20.0 Å². The molecule has 3 heteroatoms. The SMILES string of the molecule is CNCC(C)(C)C(O)c1ccc(Br)cc1. The van der Waals surface area contributed by atoms with Crippen LogP contribution >= 0.6 is 15.9 Å². The summed E-state index contributed by atoms with van der Waals surface area (Å²) in [6.07, 6.45) is -0.446. The quantitative estimate of drug-likeness (QED) is 0.883. The van der Waals surface area contributed by atoms with E-state index in [0.717, 1.165) is 16.6 Å². The van der Waals surface area contributed by atoms with Gasteiger partial charge >= 0.3 is 0 Å². The summed E-state index contributed by atoms with van der Waals surface area (Å²) in [7, 11) is 1.90. The number of aliphatic hydroxyl groups is 1. The molecule has 1 unspecified atom stereocenters. The minimum atomic E-state index is -0.446. The highest BCUT2D eigenvalue weighted by Gasteiger charge is 2.28. The third kappa shape index (κ3) is 3.30. The minimum Gasteiger partial charge on any atom is -0.388 e. The molecule has 0 aliphatic carbocycles. The average molecular weight is 272 g/mol. The number of hydrogen-bond donors (Lipinski definition) is 2. The van der Waals surface area contributed by atoms with E-state index in [-0.39, 0.29) is 5.41 Å². The lowest BCUT2D eigenvalue weighted by molar-refractivity contribution is 0.0506. The fourth-order valence-corrected chi connectivity index (χ4v) is 1.91. The summed E-state index contributed by atoms with van der Waals surface area (Å²) < 4.78 is 1.03. The monoisotopic (exact) mass is 271 g/mol. The molecule has 2 nitrogen and oxygen atoms in total. The van der Waals surface area contributed by atoms with E-state index in [2.05, 4.69) is 35.1 Å². The first kappa shape index (κ1) is 12.7. The van der Waals surface area contributed by atoms with E-state index >= 15 is 0 Å². The summed E-state index contributed by atoms with van der Waals surface area (Å²) in [4.78, 5) is 0. The number of halogens is 1. The van der Waals surface area contributed by atoms with Crippen LogP contribution in [0.4, 0.5) is 0 Å². The van der Waals surface area contributed by atoms with Gasteiger partial charge in [-0.05, 0) is 24.7 Å². The highest BCUT2D eigenvalue weighted by Crippen LogP contribution is 2.32. The summed E-state index contributed by atoms with van der Waals surface area (Å²) in [6.45, 7) is 4.89. The first-order chi connectivity index (χ1) is 6.97. The van der Waals surface area contributed by atoms with Crippen LogP contribution in [0.2, 0.25) is 0 Å². The maximum absolute atomic E-state index is 10.2. The molecular weight excluding hydrogens is 254 g/mol. The summed E-state index contributed by atoms with van der Waals surface area (Å²) in [5.41, 5.74) is 0.793. The van der Waals surface area contributed by atoms with E-state index in [4.69, 9.17) is 0 Å². The van der Waals surface area contributed by atoms with Crippen molar-refractivity contribution in [2.75, 3.05) is 13.6 Å².